The molecule has 2 aromatic rings. The fraction of sp³-hybridized carbons (Fsp3) is 0.333. The molecule has 0 bridgehead atoms. The third-order valence-electron chi connectivity index (χ3n) is 3.35. The zero-order valence-corrected chi connectivity index (χ0v) is 14.4. The van der Waals surface area contributed by atoms with E-state index < -0.39 is 0 Å². The maximum atomic E-state index is 5.32. The standard InChI is InChI=1S/C18H24N4O2/c1-4-19-18(21-12-10-14-7-5-6-11-20-14)22-15-8-9-16(23-2)17(13-15)24-3/h5-9,11,13H,4,10,12H2,1-3H3,(H2,19,21,22). The van der Waals surface area contributed by atoms with E-state index in [2.05, 4.69) is 20.6 Å². The number of hydrogen-bond donors (Lipinski definition) is 2. The Hall–Kier alpha value is -2.76. The molecule has 0 spiro atoms. The van der Waals surface area contributed by atoms with Crippen molar-refractivity contribution >= 4 is 11.6 Å². The Bertz CT molecular complexity index is 659. The monoisotopic (exact) mass is 328 g/mol. The highest BCUT2D eigenvalue weighted by Gasteiger charge is 2.06. The summed E-state index contributed by atoms with van der Waals surface area (Å²) in [6.45, 7) is 3.47. The normalized spacial score (nSPS) is 11.0. The Kier molecular flexibility index (Phi) is 6.89. The molecule has 6 heteroatoms. The minimum atomic E-state index is 0.652. The van der Waals surface area contributed by atoms with Gasteiger partial charge in [-0.25, -0.2) is 0 Å². The fourth-order valence-electron chi connectivity index (χ4n) is 2.19. The van der Waals surface area contributed by atoms with Crippen LogP contribution in [-0.2, 0) is 6.42 Å². The molecule has 0 amide bonds. The van der Waals surface area contributed by atoms with Crippen LogP contribution in [0.2, 0.25) is 0 Å². The maximum absolute atomic E-state index is 5.32. The predicted octanol–water partition coefficient (Wildman–Crippen LogP) is 2.72. The molecule has 1 aromatic heterocycles. The van der Waals surface area contributed by atoms with Crippen LogP contribution in [0.15, 0.2) is 47.6 Å². The molecule has 24 heavy (non-hydrogen) atoms. The van der Waals surface area contributed by atoms with E-state index in [1.165, 1.54) is 0 Å². The topological polar surface area (TPSA) is 67.8 Å². The Balaban J connectivity index is 2.03. The van der Waals surface area contributed by atoms with Crippen LogP contribution in [0, 0.1) is 0 Å². The van der Waals surface area contributed by atoms with Crippen molar-refractivity contribution in [1.29, 1.82) is 0 Å². The Morgan fingerprint density at radius 2 is 1.96 bits per heavy atom. The van der Waals surface area contributed by atoms with Crippen molar-refractivity contribution in [3.8, 4) is 11.5 Å². The molecule has 0 unspecified atom stereocenters. The molecule has 2 rings (SSSR count). The van der Waals surface area contributed by atoms with E-state index in [1.54, 1.807) is 20.4 Å². The molecule has 0 saturated heterocycles. The first-order valence-corrected chi connectivity index (χ1v) is 7.94. The Labute approximate surface area is 142 Å². The quantitative estimate of drug-likeness (QED) is 0.604. The van der Waals surface area contributed by atoms with Gasteiger partial charge in [0.2, 0.25) is 0 Å². The lowest BCUT2D eigenvalue weighted by atomic mass is 10.2. The first-order chi connectivity index (χ1) is 11.8. The number of nitrogens with zero attached hydrogens (tertiary/aromatic N) is 2. The van der Waals surface area contributed by atoms with Crippen molar-refractivity contribution in [2.45, 2.75) is 13.3 Å². The van der Waals surface area contributed by atoms with Crippen LogP contribution in [0.4, 0.5) is 5.69 Å². The highest BCUT2D eigenvalue weighted by atomic mass is 16.5. The lowest BCUT2D eigenvalue weighted by Crippen LogP contribution is -2.30. The predicted molar refractivity (Wildman–Crippen MR) is 97.1 cm³/mol. The van der Waals surface area contributed by atoms with Gasteiger partial charge in [-0.2, -0.15) is 0 Å². The van der Waals surface area contributed by atoms with Crippen molar-refractivity contribution in [2.24, 2.45) is 4.99 Å². The van der Waals surface area contributed by atoms with Crippen molar-refractivity contribution in [1.82, 2.24) is 10.3 Å². The molecule has 1 heterocycles. The third kappa shape index (κ3) is 5.15. The summed E-state index contributed by atoms with van der Waals surface area (Å²) in [5, 5.41) is 6.51. The second-order valence-corrected chi connectivity index (χ2v) is 5.03. The van der Waals surface area contributed by atoms with E-state index in [1.807, 2.05) is 43.3 Å². The van der Waals surface area contributed by atoms with Gasteiger partial charge in [-0.05, 0) is 31.2 Å². The van der Waals surface area contributed by atoms with Gasteiger partial charge in [0, 0.05) is 43.2 Å². The van der Waals surface area contributed by atoms with Crippen LogP contribution >= 0.6 is 0 Å². The van der Waals surface area contributed by atoms with Crippen LogP contribution in [-0.4, -0.2) is 38.3 Å². The molecular weight excluding hydrogens is 304 g/mol. The van der Waals surface area contributed by atoms with Crippen LogP contribution in [0.3, 0.4) is 0 Å². The van der Waals surface area contributed by atoms with Crippen molar-refractivity contribution in [2.75, 3.05) is 32.6 Å². The summed E-state index contributed by atoms with van der Waals surface area (Å²) < 4.78 is 10.6. The molecule has 128 valence electrons. The van der Waals surface area contributed by atoms with Crippen LogP contribution in [0.25, 0.3) is 0 Å². The minimum absolute atomic E-state index is 0.652. The summed E-state index contributed by atoms with van der Waals surface area (Å²) in [6, 6.07) is 11.6. The summed E-state index contributed by atoms with van der Waals surface area (Å²) in [4.78, 5) is 8.89. The third-order valence-corrected chi connectivity index (χ3v) is 3.35. The van der Waals surface area contributed by atoms with E-state index in [0.717, 1.165) is 30.3 Å². The second-order valence-electron chi connectivity index (χ2n) is 5.03. The Morgan fingerprint density at radius 3 is 2.62 bits per heavy atom. The van der Waals surface area contributed by atoms with Crippen molar-refractivity contribution in [3.05, 3.63) is 48.3 Å². The lowest BCUT2D eigenvalue weighted by Gasteiger charge is -2.13. The summed E-state index contributed by atoms with van der Waals surface area (Å²) >= 11 is 0. The number of hydrogen-bond acceptors (Lipinski definition) is 4. The number of ether oxygens (including phenoxy) is 2. The van der Waals surface area contributed by atoms with Gasteiger partial charge in [0.25, 0.3) is 0 Å². The van der Waals surface area contributed by atoms with Gasteiger partial charge < -0.3 is 20.1 Å². The first-order valence-electron chi connectivity index (χ1n) is 7.94. The number of anilines is 1. The fourth-order valence-corrected chi connectivity index (χ4v) is 2.19. The molecule has 0 atom stereocenters. The molecule has 0 aliphatic carbocycles. The largest absolute Gasteiger partial charge is 0.493 e. The molecule has 0 aliphatic heterocycles. The molecule has 0 fully saturated rings. The smallest absolute Gasteiger partial charge is 0.195 e. The van der Waals surface area contributed by atoms with E-state index in [4.69, 9.17) is 9.47 Å². The van der Waals surface area contributed by atoms with Gasteiger partial charge in [-0.3, -0.25) is 9.98 Å². The number of rotatable bonds is 7. The van der Waals surface area contributed by atoms with Crippen molar-refractivity contribution < 1.29 is 9.47 Å². The molecule has 0 radical (unpaired) electrons. The highest BCUT2D eigenvalue weighted by molar-refractivity contribution is 5.93. The molecule has 6 nitrogen and oxygen atoms in total. The van der Waals surface area contributed by atoms with Crippen LogP contribution in [0.5, 0.6) is 11.5 Å². The van der Waals surface area contributed by atoms with Crippen LogP contribution in [0.1, 0.15) is 12.6 Å². The van der Waals surface area contributed by atoms with Gasteiger partial charge in [0.1, 0.15) is 0 Å². The summed E-state index contributed by atoms with van der Waals surface area (Å²) in [5.41, 5.74) is 1.91. The molecule has 0 saturated carbocycles. The summed E-state index contributed by atoms with van der Waals surface area (Å²) in [7, 11) is 3.24. The number of aromatic nitrogens is 1. The first kappa shape index (κ1) is 17.6. The van der Waals surface area contributed by atoms with Gasteiger partial charge in [-0.1, -0.05) is 6.07 Å². The van der Waals surface area contributed by atoms with E-state index in [-0.39, 0.29) is 0 Å². The van der Waals surface area contributed by atoms with E-state index in [9.17, 15) is 0 Å². The van der Waals surface area contributed by atoms with E-state index in [0.29, 0.717) is 18.0 Å². The Morgan fingerprint density at radius 1 is 1.12 bits per heavy atom. The zero-order chi connectivity index (χ0) is 17.2. The van der Waals surface area contributed by atoms with Gasteiger partial charge in [0.05, 0.1) is 14.2 Å². The number of nitrogens with one attached hydrogen (secondary N) is 2. The second kappa shape index (κ2) is 9.39. The van der Waals surface area contributed by atoms with Gasteiger partial charge in [0.15, 0.2) is 17.5 Å². The maximum Gasteiger partial charge on any atom is 0.195 e. The van der Waals surface area contributed by atoms with E-state index >= 15 is 0 Å². The average Bonchev–Trinajstić information content (AvgIpc) is 2.62. The van der Waals surface area contributed by atoms with Crippen molar-refractivity contribution in [3.63, 3.8) is 0 Å². The number of aliphatic imine (C=N–C) groups is 1. The number of benzene rings is 1. The summed E-state index contributed by atoms with van der Waals surface area (Å²) in [6.07, 6.45) is 2.59. The molecular formula is C18H24N4O2. The number of pyridine rings is 1. The number of guanidine groups is 1. The van der Waals surface area contributed by atoms with Gasteiger partial charge in [-0.15, -0.1) is 0 Å². The SMILES string of the molecule is CCNC(=NCCc1ccccn1)Nc1ccc(OC)c(OC)c1. The van der Waals surface area contributed by atoms with Gasteiger partial charge >= 0.3 is 0 Å². The zero-order valence-electron chi connectivity index (χ0n) is 14.4. The summed E-state index contributed by atoms with van der Waals surface area (Å²) in [5.74, 6) is 2.09. The average molecular weight is 328 g/mol. The highest BCUT2D eigenvalue weighted by Crippen LogP contribution is 2.29. The molecule has 0 aliphatic rings. The minimum Gasteiger partial charge on any atom is -0.493 e. The molecule has 2 N–H and O–H groups in total. The lowest BCUT2D eigenvalue weighted by molar-refractivity contribution is 0.355. The van der Waals surface area contributed by atoms with Crippen LogP contribution < -0.4 is 20.1 Å². The number of methoxy groups -OCH3 is 2. The molecule has 1 aromatic carbocycles.